The maximum Gasteiger partial charge on any atom is 0.287 e. The molecule has 0 saturated heterocycles. The summed E-state index contributed by atoms with van der Waals surface area (Å²) in [5.41, 5.74) is 4.64. The third kappa shape index (κ3) is 4.08. The number of hydrogen-bond acceptors (Lipinski definition) is 6. The van der Waals surface area contributed by atoms with Gasteiger partial charge in [-0.3, -0.25) is 9.78 Å². The molecule has 0 aliphatic carbocycles. The predicted octanol–water partition coefficient (Wildman–Crippen LogP) is 3.04. The topological polar surface area (TPSA) is 81.9 Å². The second-order valence-electron chi connectivity index (χ2n) is 6.83. The van der Waals surface area contributed by atoms with Crippen molar-refractivity contribution in [3.05, 3.63) is 93.9 Å². The van der Waals surface area contributed by atoms with Crippen molar-refractivity contribution in [1.29, 1.82) is 0 Å². The van der Waals surface area contributed by atoms with Crippen LogP contribution in [0.5, 0.6) is 0 Å². The molecule has 1 N–H and O–H groups in total. The van der Waals surface area contributed by atoms with E-state index in [1.54, 1.807) is 6.20 Å². The first-order chi connectivity index (χ1) is 14.1. The van der Waals surface area contributed by atoms with Crippen LogP contribution < -0.4 is 15.7 Å². The van der Waals surface area contributed by atoms with Gasteiger partial charge in [-0.2, -0.15) is 0 Å². The van der Waals surface area contributed by atoms with Gasteiger partial charge in [0.2, 0.25) is 0 Å². The van der Waals surface area contributed by atoms with Crippen molar-refractivity contribution in [2.24, 2.45) is 0 Å². The second kappa shape index (κ2) is 8.10. The zero-order valence-electron chi connectivity index (χ0n) is 16.3. The first kappa shape index (κ1) is 18.6. The highest BCUT2D eigenvalue weighted by atomic mass is 16.7. The fraction of sp³-hybridized carbons (Fsp3) is 0.182. The molecule has 0 aliphatic rings. The molecule has 0 radical (unpaired) electrons. The van der Waals surface area contributed by atoms with Crippen molar-refractivity contribution < 1.29 is 4.84 Å². The van der Waals surface area contributed by atoms with Gasteiger partial charge in [-0.05, 0) is 30.5 Å². The molecule has 3 aromatic heterocycles. The van der Waals surface area contributed by atoms with Crippen molar-refractivity contribution in [2.45, 2.75) is 27.0 Å². The molecule has 0 aliphatic heterocycles. The maximum absolute atomic E-state index is 12.8. The third-order valence-corrected chi connectivity index (χ3v) is 4.56. The van der Waals surface area contributed by atoms with E-state index < -0.39 is 0 Å². The second-order valence-corrected chi connectivity index (χ2v) is 6.83. The molecular weight excluding hydrogens is 366 g/mol. The number of benzene rings is 1. The SMILES string of the molecule is Cc1cncc(CNc2cc(=O)n(OCc3ccccc3)c3ncnc(C)c23)c1. The number of fused-ring (bicyclic) bond motifs is 1. The van der Waals surface area contributed by atoms with Gasteiger partial charge in [0.25, 0.3) is 5.56 Å². The molecule has 0 amide bonds. The molecule has 1 aromatic carbocycles. The standard InChI is InChI=1S/C22H21N5O2/c1-15-8-18(11-23-10-15)12-24-19-9-20(28)27(22-21(19)16(2)25-14-26-22)29-13-17-6-4-3-5-7-17/h3-11,14,24H,12-13H2,1-2H3. The van der Waals surface area contributed by atoms with Gasteiger partial charge in [-0.15, -0.1) is 4.73 Å². The Hall–Kier alpha value is -3.74. The van der Waals surface area contributed by atoms with Crippen LogP contribution in [0, 0.1) is 13.8 Å². The van der Waals surface area contributed by atoms with E-state index in [0.717, 1.165) is 27.8 Å². The van der Waals surface area contributed by atoms with Crippen molar-refractivity contribution in [3.63, 3.8) is 0 Å². The van der Waals surface area contributed by atoms with E-state index >= 15 is 0 Å². The number of aromatic nitrogens is 4. The fourth-order valence-electron chi connectivity index (χ4n) is 3.18. The highest BCUT2D eigenvalue weighted by Gasteiger charge is 2.14. The molecule has 0 atom stereocenters. The average molecular weight is 387 g/mol. The van der Waals surface area contributed by atoms with E-state index in [0.29, 0.717) is 17.9 Å². The molecule has 0 fully saturated rings. The molecule has 4 aromatic rings. The maximum atomic E-state index is 12.8. The summed E-state index contributed by atoms with van der Waals surface area (Å²) in [6.07, 6.45) is 5.05. The first-order valence-corrected chi connectivity index (χ1v) is 9.31. The highest BCUT2D eigenvalue weighted by molar-refractivity contribution is 5.90. The van der Waals surface area contributed by atoms with Crippen LogP contribution in [0.3, 0.4) is 0 Å². The van der Waals surface area contributed by atoms with Gasteiger partial charge in [-0.1, -0.05) is 36.4 Å². The third-order valence-electron chi connectivity index (χ3n) is 4.56. The van der Waals surface area contributed by atoms with E-state index in [1.807, 2.05) is 50.4 Å². The zero-order valence-corrected chi connectivity index (χ0v) is 16.3. The van der Waals surface area contributed by atoms with Crippen LogP contribution in [0.4, 0.5) is 5.69 Å². The quantitative estimate of drug-likeness (QED) is 0.548. The normalized spacial score (nSPS) is 10.8. The Balaban J connectivity index is 1.68. The van der Waals surface area contributed by atoms with Crippen LogP contribution in [0.15, 0.2) is 66.0 Å². The molecule has 3 heterocycles. The number of nitrogens with zero attached hydrogens (tertiary/aromatic N) is 4. The van der Waals surface area contributed by atoms with Gasteiger partial charge >= 0.3 is 0 Å². The minimum atomic E-state index is -0.295. The highest BCUT2D eigenvalue weighted by Crippen LogP contribution is 2.22. The smallest absolute Gasteiger partial charge is 0.287 e. The predicted molar refractivity (Wildman–Crippen MR) is 112 cm³/mol. The summed E-state index contributed by atoms with van der Waals surface area (Å²) in [6, 6.07) is 13.3. The lowest BCUT2D eigenvalue weighted by atomic mass is 10.2. The summed E-state index contributed by atoms with van der Waals surface area (Å²) < 4.78 is 1.23. The summed E-state index contributed by atoms with van der Waals surface area (Å²) in [7, 11) is 0. The largest absolute Gasteiger partial charge is 0.404 e. The molecule has 0 saturated carbocycles. The Kier molecular flexibility index (Phi) is 5.20. The fourth-order valence-corrected chi connectivity index (χ4v) is 3.18. The Morgan fingerprint density at radius 2 is 1.86 bits per heavy atom. The summed E-state index contributed by atoms with van der Waals surface area (Å²) >= 11 is 0. The Bertz CT molecular complexity index is 1200. The monoisotopic (exact) mass is 387 g/mol. The molecule has 0 unspecified atom stereocenters. The Morgan fingerprint density at radius 1 is 1.03 bits per heavy atom. The van der Waals surface area contributed by atoms with E-state index in [9.17, 15) is 4.79 Å². The van der Waals surface area contributed by atoms with E-state index in [4.69, 9.17) is 4.84 Å². The van der Waals surface area contributed by atoms with Crippen LogP contribution in [0.25, 0.3) is 11.0 Å². The van der Waals surface area contributed by atoms with Gasteiger partial charge in [0.1, 0.15) is 12.9 Å². The molecule has 7 nitrogen and oxygen atoms in total. The van der Waals surface area contributed by atoms with E-state index in [2.05, 4.69) is 26.3 Å². The van der Waals surface area contributed by atoms with Crippen LogP contribution in [-0.4, -0.2) is 19.7 Å². The Labute approximate surface area is 168 Å². The number of aryl methyl sites for hydroxylation is 2. The van der Waals surface area contributed by atoms with Crippen LogP contribution in [-0.2, 0) is 13.2 Å². The minimum absolute atomic E-state index is 0.265. The number of hydrogen-bond donors (Lipinski definition) is 1. The van der Waals surface area contributed by atoms with Gasteiger partial charge in [0.05, 0.1) is 16.8 Å². The van der Waals surface area contributed by atoms with Gasteiger partial charge in [0.15, 0.2) is 5.65 Å². The summed E-state index contributed by atoms with van der Waals surface area (Å²) in [5, 5.41) is 4.08. The molecular formula is C22H21N5O2. The van der Waals surface area contributed by atoms with Crippen molar-refractivity contribution in [1.82, 2.24) is 19.7 Å². The molecule has 7 heteroatoms. The van der Waals surface area contributed by atoms with Crippen molar-refractivity contribution in [2.75, 3.05) is 5.32 Å². The Morgan fingerprint density at radius 3 is 2.66 bits per heavy atom. The number of nitrogens with one attached hydrogen (secondary N) is 1. The van der Waals surface area contributed by atoms with Gasteiger partial charge < -0.3 is 10.2 Å². The lowest BCUT2D eigenvalue weighted by molar-refractivity contribution is 0.0979. The summed E-state index contributed by atoms with van der Waals surface area (Å²) in [5.74, 6) is 0. The lowest BCUT2D eigenvalue weighted by Gasteiger charge is -2.15. The molecule has 0 bridgehead atoms. The van der Waals surface area contributed by atoms with Crippen LogP contribution >= 0.6 is 0 Å². The minimum Gasteiger partial charge on any atom is -0.404 e. The van der Waals surface area contributed by atoms with Gasteiger partial charge in [0, 0.05) is 25.0 Å². The van der Waals surface area contributed by atoms with E-state index in [-0.39, 0.29) is 12.2 Å². The molecule has 0 spiro atoms. The lowest BCUT2D eigenvalue weighted by Crippen LogP contribution is -2.28. The number of rotatable bonds is 6. The first-order valence-electron chi connectivity index (χ1n) is 9.31. The van der Waals surface area contributed by atoms with Crippen molar-refractivity contribution >= 4 is 16.7 Å². The number of pyridine rings is 2. The average Bonchev–Trinajstić information content (AvgIpc) is 2.72. The van der Waals surface area contributed by atoms with Crippen LogP contribution in [0.2, 0.25) is 0 Å². The zero-order chi connectivity index (χ0) is 20.2. The number of anilines is 1. The molecule has 146 valence electrons. The molecule has 29 heavy (non-hydrogen) atoms. The van der Waals surface area contributed by atoms with Crippen molar-refractivity contribution in [3.8, 4) is 0 Å². The van der Waals surface area contributed by atoms with E-state index in [1.165, 1.54) is 17.1 Å². The summed E-state index contributed by atoms with van der Waals surface area (Å²) in [6.45, 7) is 4.68. The van der Waals surface area contributed by atoms with Gasteiger partial charge in [-0.25, -0.2) is 9.97 Å². The molecule has 4 rings (SSSR count). The van der Waals surface area contributed by atoms with Crippen LogP contribution in [0.1, 0.15) is 22.4 Å². The summed E-state index contributed by atoms with van der Waals surface area (Å²) in [4.78, 5) is 31.4.